The number of amides is 2. The zero-order chi connectivity index (χ0) is 17.9. The summed E-state index contributed by atoms with van der Waals surface area (Å²) in [6.07, 6.45) is 4.39. The van der Waals surface area contributed by atoms with Crippen LogP contribution >= 0.6 is 0 Å². The van der Waals surface area contributed by atoms with Gasteiger partial charge < -0.3 is 15.0 Å². The largest absolute Gasteiger partial charge is 0.462 e. The molecule has 1 aliphatic heterocycles. The highest BCUT2D eigenvalue weighted by molar-refractivity contribution is 6.13. The zero-order valence-electron chi connectivity index (χ0n) is 14.5. The van der Waals surface area contributed by atoms with E-state index in [9.17, 15) is 14.4 Å². The molecule has 1 N–H and O–H groups in total. The van der Waals surface area contributed by atoms with Crippen LogP contribution in [0.2, 0.25) is 0 Å². The van der Waals surface area contributed by atoms with Gasteiger partial charge in [0.1, 0.15) is 5.41 Å². The molecule has 1 saturated heterocycles. The van der Waals surface area contributed by atoms with E-state index in [2.05, 4.69) is 5.32 Å². The maximum absolute atomic E-state index is 12.7. The van der Waals surface area contributed by atoms with Crippen LogP contribution < -0.4 is 5.32 Å². The Morgan fingerprint density at radius 1 is 1.08 bits per heavy atom. The van der Waals surface area contributed by atoms with E-state index in [4.69, 9.17) is 4.74 Å². The summed E-state index contributed by atoms with van der Waals surface area (Å²) in [5, 5.41) is 2.82. The van der Waals surface area contributed by atoms with Crippen LogP contribution in [-0.4, -0.2) is 42.4 Å². The molecule has 6 heteroatoms. The van der Waals surface area contributed by atoms with Gasteiger partial charge in [0, 0.05) is 18.8 Å². The van der Waals surface area contributed by atoms with Gasteiger partial charge in [-0.2, -0.15) is 0 Å². The van der Waals surface area contributed by atoms with Gasteiger partial charge >= 0.3 is 5.97 Å². The van der Waals surface area contributed by atoms with Crippen LogP contribution in [0, 0.1) is 5.41 Å². The van der Waals surface area contributed by atoms with Crippen LogP contribution in [0.15, 0.2) is 24.3 Å². The van der Waals surface area contributed by atoms with Crippen molar-refractivity contribution in [2.75, 3.05) is 25.0 Å². The Bertz CT molecular complexity index is 659. The molecule has 1 heterocycles. The number of anilines is 1. The molecule has 3 rings (SSSR count). The molecule has 0 aromatic heterocycles. The molecule has 6 nitrogen and oxygen atoms in total. The standard InChI is InChI=1S/C19H24N2O4/c1-2-25-16(22)14-6-8-15(9-7-14)20-17(23)19(10-11-19)18(24)21-12-4-3-5-13-21/h6-9H,2-5,10-13H2,1H3,(H,20,23). The first-order chi connectivity index (χ1) is 12.1. The number of carbonyl (C=O) groups is 3. The maximum atomic E-state index is 12.7. The Labute approximate surface area is 147 Å². The quantitative estimate of drug-likeness (QED) is 0.658. The van der Waals surface area contributed by atoms with Crippen LogP contribution in [0.3, 0.4) is 0 Å². The minimum Gasteiger partial charge on any atom is -0.462 e. The Balaban J connectivity index is 1.63. The average Bonchev–Trinajstić information content (AvgIpc) is 3.44. The van der Waals surface area contributed by atoms with Crippen LogP contribution in [0.4, 0.5) is 5.69 Å². The number of hydrogen-bond donors (Lipinski definition) is 1. The second-order valence-electron chi connectivity index (χ2n) is 6.69. The smallest absolute Gasteiger partial charge is 0.338 e. The molecular formula is C19H24N2O4. The van der Waals surface area contributed by atoms with E-state index in [0.717, 1.165) is 32.4 Å². The van der Waals surface area contributed by atoms with Crippen LogP contribution in [0.25, 0.3) is 0 Å². The SMILES string of the molecule is CCOC(=O)c1ccc(NC(=O)C2(C(=O)N3CCCCC3)CC2)cc1. The van der Waals surface area contributed by atoms with Gasteiger partial charge in [-0.3, -0.25) is 9.59 Å². The fourth-order valence-corrected chi connectivity index (χ4v) is 3.22. The van der Waals surface area contributed by atoms with Gasteiger partial charge in [-0.1, -0.05) is 0 Å². The summed E-state index contributed by atoms with van der Waals surface area (Å²) in [5.41, 5.74) is 0.123. The molecule has 2 amide bonds. The molecule has 0 bridgehead atoms. The summed E-state index contributed by atoms with van der Waals surface area (Å²) in [4.78, 5) is 38.9. The molecule has 1 aliphatic carbocycles. The van der Waals surface area contributed by atoms with E-state index in [1.165, 1.54) is 0 Å². The third kappa shape index (κ3) is 3.67. The average molecular weight is 344 g/mol. The van der Waals surface area contributed by atoms with Gasteiger partial charge in [-0.15, -0.1) is 0 Å². The van der Waals surface area contributed by atoms with Crippen molar-refractivity contribution in [3.63, 3.8) is 0 Å². The molecule has 0 spiro atoms. The van der Waals surface area contributed by atoms with Crippen molar-refractivity contribution in [1.29, 1.82) is 0 Å². The number of hydrogen-bond acceptors (Lipinski definition) is 4. The van der Waals surface area contributed by atoms with E-state index in [1.54, 1.807) is 31.2 Å². The monoisotopic (exact) mass is 344 g/mol. The fraction of sp³-hybridized carbons (Fsp3) is 0.526. The predicted molar refractivity (Wildman–Crippen MR) is 93.1 cm³/mol. The topological polar surface area (TPSA) is 75.7 Å². The van der Waals surface area contributed by atoms with Crippen molar-refractivity contribution in [2.24, 2.45) is 5.41 Å². The normalized spacial score (nSPS) is 18.4. The number of nitrogens with one attached hydrogen (secondary N) is 1. The highest BCUT2D eigenvalue weighted by atomic mass is 16.5. The molecule has 2 fully saturated rings. The van der Waals surface area contributed by atoms with Gasteiger partial charge in [0.25, 0.3) is 0 Å². The molecule has 0 unspecified atom stereocenters. The lowest BCUT2D eigenvalue weighted by molar-refractivity contribution is -0.143. The first-order valence-electron chi connectivity index (χ1n) is 8.95. The summed E-state index contributed by atoms with van der Waals surface area (Å²) in [6, 6.07) is 6.54. The molecule has 1 aromatic carbocycles. The van der Waals surface area contributed by atoms with Gasteiger partial charge in [-0.25, -0.2) is 4.79 Å². The van der Waals surface area contributed by atoms with Crippen molar-refractivity contribution < 1.29 is 19.1 Å². The van der Waals surface area contributed by atoms with Crippen molar-refractivity contribution in [3.8, 4) is 0 Å². The third-order valence-electron chi connectivity index (χ3n) is 4.89. The summed E-state index contributed by atoms with van der Waals surface area (Å²) in [7, 11) is 0. The predicted octanol–water partition coefficient (Wildman–Crippen LogP) is 2.59. The fourth-order valence-electron chi connectivity index (χ4n) is 3.22. The van der Waals surface area contributed by atoms with Gasteiger partial charge in [0.15, 0.2) is 0 Å². The summed E-state index contributed by atoms with van der Waals surface area (Å²) >= 11 is 0. The number of esters is 1. The van der Waals surface area contributed by atoms with E-state index < -0.39 is 5.41 Å². The lowest BCUT2D eigenvalue weighted by atomic mass is 10.0. The first-order valence-corrected chi connectivity index (χ1v) is 8.95. The molecule has 1 aromatic rings. The number of ether oxygens (including phenoxy) is 1. The lowest BCUT2D eigenvalue weighted by Gasteiger charge is -2.30. The minimum absolute atomic E-state index is 0.0344. The number of nitrogens with zero attached hydrogens (tertiary/aromatic N) is 1. The highest BCUT2D eigenvalue weighted by Crippen LogP contribution is 2.48. The Hall–Kier alpha value is -2.37. The number of carbonyl (C=O) groups excluding carboxylic acids is 3. The van der Waals surface area contributed by atoms with E-state index in [1.807, 2.05) is 4.90 Å². The van der Waals surface area contributed by atoms with E-state index >= 15 is 0 Å². The number of benzene rings is 1. The number of likely N-dealkylation sites (tertiary alicyclic amines) is 1. The van der Waals surface area contributed by atoms with Crippen molar-refractivity contribution in [3.05, 3.63) is 29.8 Å². The Kier molecular flexibility index (Phi) is 5.06. The van der Waals surface area contributed by atoms with Crippen molar-refractivity contribution >= 4 is 23.5 Å². The summed E-state index contributed by atoms with van der Waals surface area (Å²) in [5.74, 6) is -0.667. The molecule has 1 saturated carbocycles. The first kappa shape index (κ1) is 17.5. The minimum atomic E-state index is -0.892. The van der Waals surface area contributed by atoms with Crippen LogP contribution in [0.1, 0.15) is 49.4 Å². The summed E-state index contributed by atoms with van der Waals surface area (Å²) < 4.78 is 4.94. The highest BCUT2D eigenvalue weighted by Gasteiger charge is 2.58. The second kappa shape index (κ2) is 7.25. The molecular weight excluding hydrogens is 320 g/mol. The van der Waals surface area contributed by atoms with Gasteiger partial charge in [-0.05, 0) is 63.3 Å². The Morgan fingerprint density at radius 3 is 2.28 bits per heavy atom. The summed E-state index contributed by atoms with van der Waals surface area (Å²) in [6.45, 7) is 3.57. The molecule has 25 heavy (non-hydrogen) atoms. The van der Waals surface area contributed by atoms with E-state index in [-0.39, 0.29) is 17.8 Å². The van der Waals surface area contributed by atoms with Crippen LogP contribution in [0.5, 0.6) is 0 Å². The molecule has 0 radical (unpaired) electrons. The van der Waals surface area contributed by atoms with Crippen molar-refractivity contribution in [2.45, 2.75) is 39.0 Å². The van der Waals surface area contributed by atoms with Crippen molar-refractivity contribution in [1.82, 2.24) is 4.90 Å². The Morgan fingerprint density at radius 2 is 1.72 bits per heavy atom. The van der Waals surface area contributed by atoms with Gasteiger partial charge in [0.2, 0.25) is 11.8 Å². The lowest BCUT2D eigenvalue weighted by Crippen LogP contribution is -2.45. The zero-order valence-corrected chi connectivity index (χ0v) is 14.5. The second-order valence-corrected chi connectivity index (χ2v) is 6.69. The van der Waals surface area contributed by atoms with Gasteiger partial charge in [0.05, 0.1) is 12.2 Å². The molecule has 2 aliphatic rings. The third-order valence-corrected chi connectivity index (χ3v) is 4.89. The number of piperidine rings is 1. The molecule has 134 valence electrons. The maximum Gasteiger partial charge on any atom is 0.338 e. The molecule has 0 atom stereocenters. The van der Waals surface area contributed by atoms with Crippen LogP contribution in [-0.2, 0) is 14.3 Å². The number of rotatable bonds is 5. The van der Waals surface area contributed by atoms with E-state index in [0.29, 0.717) is 30.7 Å².